The molecule has 9 heteroatoms. The first kappa shape index (κ1) is 22.5. The minimum absolute atomic E-state index is 0.203. The van der Waals surface area contributed by atoms with Gasteiger partial charge >= 0.3 is 0 Å². The van der Waals surface area contributed by atoms with Gasteiger partial charge in [0, 0.05) is 43.6 Å². The van der Waals surface area contributed by atoms with E-state index in [1.54, 1.807) is 7.11 Å². The van der Waals surface area contributed by atoms with E-state index in [-0.39, 0.29) is 5.91 Å². The predicted molar refractivity (Wildman–Crippen MR) is 138 cm³/mol. The number of aromatic nitrogens is 2. The summed E-state index contributed by atoms with van der Waals surface area (Å²) in [6.07, 6.45) is 8.66. The Labute approximate surface area is 210 Å². The molecule has 1 aromatic heterocycles. The van der Waals surface area contributed by atoms with Crippen molar-refractivity contribution < 1.29 is 14.1 Å². The number of nitrogens with zero attached hydrogens (tertiary/aromatic N) is 6. The Kier molecular flexibility index (Phi) is 5.70. The second-order valence-corrected chi connectivity index (χ2v) is 10.5. The SMILES string of the molecule is COc1ccc(-n2nc(C)cc2N2CCN([N@@+]34C=CC=C3C=C(C(=O)N3CCSC3)C4)CC2)cc1. The molecule has 4 aliphatic rings. The van der Waals surface area contributed by atoms with Gasteiger partial charge in [-0.25, -0.2) is 4.68 Å². The summed E-state index contributed by atoms with van der Waals surface area (Å²) in [5, 5.41) is 7.27. The molecule has 1 amide bonds. The van der Waals surface area contributed by atoms with Crippen molar-refractivity contribution >= 4 is 23.5 Å². The molecule has 4 aliphatic heterocycles. The minimum Gasteiger partial charge on any atom is -0.497 e. The van der Waals surface area contributed by atoms with Crippen molar-refractivity contribution in [3.05, 3.63) is 71.7 Å². The lowest BCUT2D eigenvalue weighted by molar-refractivity contribution is -0.948. The van der Waals surface area contributed by atoms with Crippen LogP contribution in [0.25, 0.3) is 5.69 Å². The van der Waals surface area contributed by atoms with E-state index in [1.165, 1.54) is 5.70 Å². The number of benzene rings is 1. The number of amides is 1. The van der Waals surface area contributed by atoms with Crippen LogP contribution in [0, 0.1) is 6.92 Å². The van der Waals surface area contributed by atoms with E-state index >= 15 is 0 Å². The molecule has 182 valence electrons. The van der Waals surface area contributed by atoms with Crippen molar-refractivity contribution in [1.29, 1.82) is 0 Å². The maximum atomic E-state index is 13.1. The molecule has 0 unspecified atom stereocenters. The molecule has 2 fully saturated rings. The average molecular weight is 492 g/mol. The number of carbonyl (C=O) groups is 1. The third-order valence-electron chi connectivity index (χ3n) is 7.31. The Hall–Kier alpha value is -3.01. The number of ether oxygens (including phenoxy) is 1. The maximum absolute atomic E-state index is 13.1. The second kappa shape index (κ2) is 8.89. The summed E-state index contributed by atoms with van der Waals surface area (Å²) >= 11 is 1.83. The van der Waals surface area contributed by atoms with E-state index in [1.807, 2.05) is 52.5 Å². The highest BCUT2D eigenvalue weighted by Crippen LogP contribution is 2.38. The monoisotopic (exact) mass is 491 g/mol. The molecule has 6 rings (SSSR count). The van der Waals surface area contributed by atoms with Crippen LogP contribution in [0.4, 0.5) is 5.82 Å². The predicted octanol–water partition coefficient (Wildman–Crippen LogP) is 2.93. The number of piperazine rings is 1. The minimum atomic E-state index is 0.203. The number of quaternary nitrogens is 1. The van der Waals surface area contributed by atoms with Gasteiger partial charge in [-0.05, 0) is 37.3 Å². The normalized spacial score (nSPS) is 24.1. The topological polar surface area (TPSA) is 53.8 Å². The fourth-order valence-corrected chi connectivity index (χ4v) is 6.40. The van der Waals surface area contributed by atoms with Crippen molar-refractivity contribution in [1.82, 2.24) is 19.7 Å². The summed E-state index contributed by atoms with van der Waals surface area (Å²) in [5.41, 5.74) is 4.16. The number of allylic oxidation sites excluding steroid dienone is 3. The summed E-state index contributed by atoms with van der Waals surface area (Å²) < 4.78 is 7.99. The Morgan fingerprint density at radius 2 is 1.91 bits per heavy atom. The van der Waals surface area contributed by atoms with Crippen LogP contribution < -0.4 is 9.64 Å². The summed E-state index contributed by atoms with van der Waals surface area (Å²) in [6.45, 7) is 7.22. The van der Waals surface area contributed by atoms with Crippen LogP contribution in [0.1, 0.15) is 5.69 Å². The van der Waals surface area contributed by atoms with E-state index < -0.39 is 0 Å². The lowest BCUT2D eigenvalue weighted by atomic mass is 10.2. The number of anilines is 1. The highest BCUT2D eigenvalue weighted by atomic mass is 32.2. The van der Waals surface area contributed by atoms with E-state index in [0.29, 0.717) is 11.1 Å². The molecule has 0 aliphatic carbocycles. The lowest BCUT2D eigenvalue weighted by Gasteiger charge is -2.44. The van der Waals surface area contributed by atoms with Gasteiger partial charge in [0.2, 0.25) is 0 Å². The third kappa shape index (κ3) is 3.87. The van der Waals surface area contributed by atoms with Crippen LogP contribution in [0.3, 0.4) is 0 Å². The maximum Gasteiger partial charge on any atom is 0.256 e. The molecule has 0 N–H and O–H groups in total. The van der Waals surface area contributed by atoms with Crippen LogP contribution in [0.5, 0.6) is 5.75 Å². The first-order valence-corrected chi connectivity index (χ1v) is 13.3. The Morgan fingerprint density at radius 3 is 2.63 bits per heavy atom. The molecule has 2 saturated heterocycles. The van der Waals surface area contributed by atoms with E-state index in [9.17, 15) is 4.79 Å². The second-order valence-electron chi connectivity index (χ2n) is 9.39. The van der Waals surface area contributed by atoms with E-state index in [4.69, 9.17) is 9.84 Å². The van der Waals surface area contributed by atoms with Crippen LogP contribution in [0.15, 0.2) is 66.0 Å². The molecule has 0 radical (unpaired) electrons. The molecule has 1 aromatic carbocycles. The van der Waals surface area contributed by atoms with Crippen molar-refractivity contribution in [2.24, 2.45) is 0 Å². The average Bonchev–Trinajstić information content (AvgIpc) is 3.67. The van der Waals surface area contributed by atoms with Gasteiger partial charge in [0.25, 0.3) is 5.91 Å². The number of carbonyl (C=O) groups excluding carboxylic acids is 1. The van der Waals surface area contributed by atoms with E-state index in [0.717, 1.165) is 72.9 Å². The molecule has 1 atom stereocenters. The summed E-state index contributed by atoms with van der Waals surface area (Å²) in [5.74, 6) is 4.00. The number of rotatable bonds is 5. The fourth-order valence-electron chi connectivity index (χ4n) is 5.46. The van der Waals surface area contributed by atoms with Gasteiger partial charge in [-0.2, -0.15) is 9.69 Å². The molecule has 0 spiro atoms. The number of methoxy groups -OCH3 is 1. The summed E-state index contributed by atoms with van der Waals surface area (Å²) in [7, 11) is 1.68. The van der Waals surface area contributed by atoms with Gasteiger partial charge in [-0.3, -0.25) is 4.79 Å². The van der Waals surface area contributed by atoms with Crippen molar-refractivity contribution in [2.45, 2.75) is 6.92 Å². The summed E-state index contributed by atoms with van der Waals surface area (Å²) in [6, 6.07) is 10.2. The standard InChI is InChI=1S/C26H31N6O2S/c1-20-16-25(31(27-20)22-5-7-24(34-2)8-6-22)28-9-11-30(12-10-28)32-14-3-4-23(32)17-21(18-32)26(33)29-13-15-35-19-29/h3-8,14,16-17H,9-13,15,18-19H2,1-2H3/q+1/t32-/m1/s1. The van der Waals surface area contributed by atoms with Gasteiger partial charge in [-0.1, -0.05) is 0 Å². The first-order valence-electron chi connectivity index (χ1n) is 12.1. The lowest BCUT2D eigenvalue weighted by Crippen LogP contribution is -2.60. The Balaban J connectivity index is 1.18. The van der Waals surface area contributed by atoms with Crippen molar-refractivity contribution in [3.8, 4) is 11.4 Å². The van der Waals surface area contributed by atoms with Crippen LogP contribution in [0.2, 0.25) is 0 Å². The molecule has 0 bridgehead atoms. The van der Waals surface area contributed by atoms with Crippen LogP contribution in [-0.4, -0.2) is 88.2 Å². The molecular weight excluding hydrogens is 460 g/mol. The number of aryl methyl sites for hydroxylation is 1. The number of hydrogen-bond acceptors (Lipinski definition) is 6. The van der Waals surface area contributed by atoms with Crippen LogP contribution in [-0.2, 0) is 4.79 Å². The highest BCUT2D eigenvalue weighted by Gasteiger charge is 2.48. The van der Waals surface area contributed by atoms with Crippen molar-refractivity contribution in [3.63, 3.8) is 0 Å². The first-order chi connectivity index (χ1) is 17.1. The quantitative estimate of drug-likeness (QED) is 0.600. The van der Waals surface area contributed by atoms with Gasteiger partial charge in [0.1, 0.15) is 24.3 Å². The zero-order chi connectivity index (χ0) is 24.0. The van der Waals surface area contributed by atoms with Crippen LogP contribution >= 0.6 is 11.8 Å². The Morgan fingerprint density at radius 1 is 1.11 bits per heavy atom. The molecule has 2 aromatic rings. The fraction of sp³-hybridized carbons (Fsp3) is 0.385. The molecule has 8 nitrogen and oxygen atoms in total. The molecule has 5 heterocycles. The smallest absolute Gasteiger partial charge is 0.256 e. The van der Waals surface area contributed by atoms with Crippen molar-refractivity contribution in [2.75, 3.05) is 62.9 Å². The van der Waals surface area contributed by atoms with Gasteiger partial charge in [0.05, 0.1) is 43.0 Å². The highest BCUT2D eigenvalue weighted by molar-refractivity contribution is 7.99. The van der Waals surface area contributed by atoms with Gasteiger partial charge in [0.15, 0.2) is 5.70 Å². The molecule has 0 saturated carbocycles. The molecular formula is C26H31N6O2S+. The zero-order valence-electron chi connectivity index (χ0n) is 20.3. The summed E-state index contributed by atoms with van der Waals surface area (Å²) in [4.78, 5) is 17.5. The molecule has 35 heavy (non-hydrogen) atoms. The largest absolute Gasteiger partial charge is 0.497 e. The number of thioether (sulfide) groups is 1. The third-order valence-corrected chi connectivity index (χ3v) is 8.27. The number of hydrogen-bond donors (Lipinski definition) is 0. The van der Waals surface area contributed by atoms with Gasteiger partial charge < -0.3 is 14.5 Å². The van der Waals surface area contributed by atoms with Gasteiger partial charge in [-0.15, -0.1) is 16.8 Å². The van der Waals surface area contributed by atoms with E-state index in [2.05, 4.69) is 40.4 Å². The number of fused-ring (bicyclic) bond motifs is 1. The Bertz CT molecular complexity index is 1220. The zero-order valence-corrected chi connectivity index (χ0v) is 21.1.